The molecule has 0 amide bonds. The van der Waals surface area contributed by atoms with Gasteiger partial charge in [0.2, 0.25) is 0 Å². The maximum Gasteiger partial charge on any atom is 0.0950 e. The minimum Gasteiger partial charge on any atom is -0.296 e. The normalized spacial score (nSPS) is 19.1. The number of hydrogen-bond acceptors (Lipinski definition) is 3. The Hall–Kier alpha value is -0.790. The predicted molar refractivity (Wildman–Crippen MR) is 78.4 cm³/mol. The van der Waals surface area contributed by atoms with Crippen LogP contribution in [0.3, 0.4) is 0 Å². The van der Waals surface area contributed by atoms with E-state index < -0.39 is 0 Å². The molecular weight excluding hydrogens is 281 g/mol. The van der Waals surface area contributed by atoms with E-state index in [4.69, 9.17) is 28.5 Å². The van der Waals surface area contributed by atoms with E-state index in [9.17, 15) is 0 Å². The molecule has 1 atom stereocenters. The fraction of sp³-hybridized carbons (Fsp3) is 0.500. The van der Waals surface area contributed by atoms with Crippen molar-refractivity contribution in [1.29, 1.82) is 5.26 Å². The van der Waals surface area contributed by atoms with E-state index in [0.717, 1.165) is 43.3 Å². The highest BCUT2D eigenvalue weighted by molar-refractivity contribution is 6.35. The Balaban J connectivity index is 1.91. The first-order chi connectivity index (χ1) is 9.10. The van der Waals surface area contributed by atoms with Gasteiger partial charge in [0.1, 0.15) is 0 Å². The van der Waals surface area contributed by atoms with Crippen LogP contribution in [0.4, 0.5) is 0 Å². The first-order valence-electron chi connectivity index (χ1n) is 6.40. The van der Waals surface area contributed by atoms with Crippen LogP contribution in [0.15, 0.2) is 18.2 Å². The maximum absolute atomic E-state index is 8.92. The Morgan fingerprint density at radius 1 is 1.26 bits per heavy atom. The number of nitrogens with zero attached hydrogens (tertiary/aromatic N) is 3. The van der Waals surface area contributed by atoms with Crippen LogP contribution in [0.25, 0.3) is 0 Å². The molecule has 1 aliphatic rings. The molecule has 1 aliphatic heterocycles. The predicted octanol–water partition coefficient (Wildman–Crippen LogP) is 3.02. The van der Waals surface area contributed by atoms with E-state index in [1.165, 1.54) is 0 Å². The van der Waals surface area contributed by atoms with Crippen molar-refractivity contribution in [3.05, 3.63) is 33.8 Å². The van der Waals surface area contributed by atoms with E-state index in [1.807, 2.05) is 19.1 Å². The fourth-order valence-electron chi connectivity index (χ4n) is 2.28. The van der Waals surface area contributed by atoms with Gasteiger partial charge >= 0.3 is 0 Å². The molecule has 0 N–H and O–H groups in total. The van der Waals surface area contributed by atoms with Gasteiger partial charge in [-0.15, -0.1) is 0 Å². The van der Waals surface area contributed by atoms with Gasteiger partial charge in [0.05, 0.1) is 12.1 Å². The zero-order valence-electron chi connectivity index (χ0n) is 10.9. The summed E-state index contributed by atoms with van der Waals surface area (Å²) in [6, 6.07) is 7.92. The van der Waals surface area contributed by atoms with Crippen molar-refractivity contribution in [3.8, 4) is 6.07 Å². The smallest absolute Gasteiger partial charge is 0.0950 e. The minimum atomic E-state index is 0.00118. The summed E-state index contributed by atoms with van der Waals surface area (Å²) >= 11 is 12.1. The van der Waals surface area contributed by atoms with Gasteiger partial charge in [-0.25, -0.2) is 0 Å². The number of halogens is 2. The van der Waals surface area contributed by atoms with Crippen LogP contribution >= 0.6 is 23.2 Å². The number of piperazine rings is 1. The third-order valence-corrected chi connectivity index (χ3v) is 4.14. The van der Waals surface area contributed by atoms with Gasteiger partial charge in [-0.1, -0.05) is 29.3 Å². The Bertz CT molecular complexity index is 476. The SMILES string of the molecule is CC(C#N)N1CCN(Cc2ccc(Cl)cc2Cl)CC1. The Morgan fingerprint density at radius 3 is 2.53 bits per heavy atom. The zero-order chi connectivity index (χ0) is 13.8. The lowest BCUT2D eigenvalue weighted by Gasteiger charge is -2.36. The summed E-state index contributed by atoms with van der Waals surface area (Å²) in [4.78, 5) is 4.57. The van der Waals surface area contributed by atoms with Gasteiger partial charge in [0.15, 0.2) is 0 Å². The lowest BCUT2D eigenvalue weighted by atomic mass is 10.2. The van der Waals surface area contributed by atoms with Crippen molar-refractivity contribution in [3.63, 3.8) is 0 Å². The second-order valence-electron chi connectivity index (χ2n) is 4.85. The summed E-state index contributed by atoms with van der Waals surface area (Å²) < 4.78 is 0. The molecule has 1 unspecified atom stereocenters. The second kappa shape index (κ2) is 6.58. The van der Waals surface area contributed by atoms with Crippen molar-refractivity contribution in [2.24, 2.45) is 0 Å². The quantitative estimate of drug-likeness (QED) is 0.859. The van der Waals surface area contributed by atoms with E-state index in [0.29, 0.717) is 5.02 Å². The van der Waals surface area contributed by atoms with E-state index in [1.54, 1.807) is 6.07 Å². The molecule has 1 aromatic rings. The molecule has 5 heteroatoms. The monoisotopic (exact) mass is 297 g/mol. The summed E-state index contributed by atoms with van der Waals surface area (Å²) in [6.45, 7) is 6.58. The number of rotatable bonds is 3. The zero-order valence-corrected chi connectivity index (χ0v) is 12.5. The molecule has 2 rings (SSSR count). The highest BCUT2D eigenvalue weighted by atomic mass is 35.5. The molecule has 0 bridgehead atoms. The highest BCUT2D eigenvalue weighted by Gasteiger charge is 2.21. The van der Waals surface area contributed by atoms with Crippen LogP contribution in [0.1, 0.15) is 12.5 Å². The minimum absolute atomic E-state index is 0.00118. The maximum atomic E-state index is 8.92. The fourth-order valence-corrected chi connectivity index (χ4v) is 2.75. The van der Waals surface area contributed by atoms with Crippen LogP contribution in [0, 0.1) is 11.3 Å². The van der Waals surface area contributed by atoms with Crippen LogP contribution in [0.2, 0.25) is 10.0 Å². The van der Waals surface area contributed by atoms with E-state index >= 15 is 0 Å². The third-order valence-electron chi connectivity index (χ3n) is 3.55. The first-order valence-corrected chi connectivity index (χ1v) is 7.15. The molecule has 0 aromatic heterocycles. The van der Waals surface area contributed by atoms with Crippen LogP contribution < -0.4 is 0 Å². The number of benzene rings is 1. The Kier molecular flexibility index (Phi) is 5.06. The van der Waals surface area contributed by atoms with Crippen molar-refractivity contribution in [1.82, 2.24) is 9.80 Å². The Labute approximate surface area is 124 Å². The van der Waals surface area contributed by atoms with Crippen molar-refractivity contribution >= 4 is 23.2 Å². The van der Waals surface area contributed by atoms with Crippen LogP contribution in [0.5, 0.6) is 0 Å². The average Bonchev–Trinajstić information content (AvgIpc) is 2.42. The van der Waals surface area contributed by atoms with Gasteiger partial charge in [-0.05, 0) is 24.6 Å². The molecule has 1 heterocycles. The topological polar surface area (TPSA) is 30.3 Å². The molecule has 0 aliphatic carbocycles. The molecule has 1 saturated heterocycles. The van der Waals surface area contributed by atoms with Gasteiger partial charge < -0.3 is 0 Å². The van der Waals surface area contributed by atoms with Crippen molar-refractivity contribution in [2.45, 2.75) is 19.5 Å². The van der Waals surface area contributed by atoms with Crippen molar-refractivity contribution < 1.29 is 0 Å². The summed E-state index contributed by atoms with van der Waals surface area (Å²) in [7, 11) is 0. The lowest BCUT2D eigenvalue weighted by Crippen LogP contribution is -2.48. The first kappa shape index (κ1) is 14.6. The van der Waals surface area contributed by atoms with Gasteiger partial charge in [0, 0.05) is 42.8 Å². The molecule has 102 valence electrons. The summed E-state index contributed by atoms with van der Waals surface area (Å²) in [5, 5.41) is 10.3. The lowest BCUT2D eigenvalue weighted by molar-refractivity contribution is 0.114. The number of nitriles is 1. The van der Waals surface area contributed by atoms with E-state index in [2.05, 4.69) is 15.9 Å². The molecule has 1 fully saturated rings. The average molecular weight is 298 g/mol. The molecule has 19 heavy (non-hydrogen) atoms. The standard InChI is InChI=1S/C14H17Cl2N3/c1-11(9-17)19-6-4-18(5-7-19)10-12-2-3-13(15)8-14(12)16/h2-3,8,11H,4-7,10H2,1H3. The Morgan fingerprint density at radius 2 is 1.95 bits per heavy atom. The summed E-state index contributed by atoms with van der Waals surface area (Å²) in [5.74, 6) is 0. The molecule has 0 saturated carbocycles. The molecular formula is C14H17Cl2N3. The second-order valence-corrected chi connectivity index (χ2v) is 5.70. The van der Waals surface area contributed by atoms with Gasteiger partial charge in [0.25, 0.3) is 0 Å². The number of hydrogen-bond donors (Lipinski definition) is 0. The van der Waals surface area contributed by atoms with Gasteiger partial charge in [-0.2, -0.15) is 5.26 Å². The third kappa shape index (κ3) is 3.84. The molecule has 3 nitrogen and oxygen atoms in total. The highest BCUT2D eigenvalue weighted by Crippen LogP contribution is 2.22. The summed E-state index contributed by atoms with van der Waals surface area (Å²) in [6.07, 6.45) is 0. The van der Waals surface area contributed by atoms with Crippen LogP contribution in [-0.2, 0) is 6.54 Å². The molecule has 1 aromatic carbocycles. The summed E-state index contributed by atoms with van der Waals surface area (Å²) in [5.41, 5.74) is 1.10. The van der Waals surface area contributed by atoms with Crippen molar-refractivity contribution in [2.75, 3.05) is 26.2 Å². The van der Waals surface area contributed by atoms with E-state index in [-0.39, 0.29) is 6.04 Å². The molecule has 0 spiro atoms. The van der Waals surface area contributed by atoms with Crippen LogP contribution in [-0.4, -0.2) is 42.0 Å². The van der Waals surface area contributed by atoms with Gasteiger partial charge in [-0.3, -0.25) is 9.80 Å². The molecule has 0 radical (unpaired) electrons. The largest absolute Gasteiger partial charge is 0.296 e.